The summed E-state index contributed by atoms with van der Waals surface area (Å²) in [4.78, 5) is 10.7. The number of aromatic carboxylic acids is 1. The van der Waals surface area contributed by atoms with E-state index in [-0.39, 0.29) is 0 Å². The molecule has 0 aliphatic heterocycles. The third-order valence-corrected chi connectivity index (χ3v) is 3.22. The SMILES string of the molecule is CCCCCCC(C)c1ccc(C(=O)O)cc1. The minimum absolute atomic E-state index is 0.368. The molecule has 0 bridgehead atoms. The molecule has 1 aromatic rings. The Labute approximate surface area is 104 Å². The molecule has 2 heteroatoms. The van der Waals surface area contributed by atoms with E-state index in [1.165, 1.54) is 37.7 Å². The van der Waals surface area contributed by atoms with Crippen molar-refractivity contribution in [1.82, 2.24) is 0 Å². The number of hydrogen-bond donors (Lipinski definition) is 1. The summed E-state index contributed by atoms with van der Waals surface area (Å²) in [5, 5.41) is 8.81. The molecule has 0 heterocycles. The van der Waals surface area contributed by atoms with Crippen LogP contribution in [0.15, 0.2) is 24.3 Å². The normalized spacial score (nSPS) is 12.4. The third-order valence-electron chi connectivity index (χ3n) is 3.22. The van der Waals surface area contributed by atoms with Gasteiger partial charge in [-0.3, -0.25) is 0 Å². The lowest BCUT2D eigenvalue weighted by Gasteiger charge is -2.11. The molecule has 94 valence electrons. The van der Waals surface area contributed by atoms with Crippen molar-refractivity contribution in [2.45, 2.75) is 51.9 Å². The van der Waals surface area contributed by atoms with Gasteiger partial charge < -0.3 is 5.11 Å². The number of carboxylic acids is 1. The van der Waals surface area contributed by atoms with Gasteiger partial charge in [0.1, 0.15) is 0 Å². The topological polar surface area (TPSA) is 37.3 Å². The molecule has 1 unspecified atom stereocenters. The summed E-state index contributed by atoms with van der Waals surface area (Å²) < 4.78 is 0. The monoisotopic (exact) mass is 234 g/mol. The van der Waals surface area contributed by atoms with Gasteiger partial charge in [-0.15, -0.1) is 0 Å². The summed E-state index contributed by atoms with van der Waals surface area (Å²) in [6.07, 6.45) is 6.32. The van der Waals surface area contributed by atoms with E-state index in [9.17, 15) is 4.79 Å². The lowest BCUT2D eigenvalue weighted by Crippen LogP contribution is -1.98. The molecule has 0 aliphatic carbocycles. The molecule has 1 rings (SSSR count). The van der Waals surface area contributed by atoms with Crippen molar-refractivity contribution in [2.75, 3.05) is 0 Å². The first-order chi connectivity index (χ1) is 8.15. The Bertz CT molecular complexity index is 340. The fourth-order valence-corrected chi connectivity index (χ4v) is 2.00. The van der Waals surface area contributed by atoms with Crippen molar-refractivity contribution >= 4 is 5.97 Å². The summed E-state index contributed by atoms with van der Waals surface area (Å²) in [6, 6.07) is 7.27. The minimum Gasteiger partial charge on any atom is -0.478 e. The highest BCUT2D eigenvalue weighted by molar-refractivity contribution is 5.87. The van der Waals surface area contributed by atoms with Gasteiger partial charge in [0.15, 0.2) is 0 Å². The van der Waals surface area contributed by atoms with E-state index >= 15 is 0 Å². The summed E-state index contributed by atoms with van der Waals surface area (Å²) in [7, 11) is 0. The van der Waals surface area contributed by atoms with Crippen LogP contribution in [0.3, 0.4) is 0 Å². The third kappa shape index (κ3) is 4.59. The van der Waals surface area contributed by atoms with Crippen LogP contribution in [0.25, 0.3) is 0 Å². The van der Waals surface area contributed by atoms with Crippen LogP contribution in [0.5, 0.6) is 0 Å². The van der Waals surface area contributed by atoms with Crippen LogP contribution < -0.4 is 0 Å². The van der Waals surface area contributed by atoms with Crippen LogP contribution >= 0.6 is 0 Å². The van der Waals surface area contributed by atoms with Gasteiger partial charge in [0, 0.05) is 0 Å². The first-order valence-corrected chi connectivity index (χ1v) is 6.48. The van der Waals surface area contributed by atoms with Crippen molar-refractivity contribution in [3.63, 3.8) is 0 Å². The van der Waals surface area contributed by atoms with Crippen LogP contribution in [0.2, 0.25) is 0 Å². The predicted molar refractivity (Wildman–Crippen MR) is 70.6 cm³/mol. The molecule has 2 nitrogen and oxygen atoms in total. The van der Waals surface area contributed by atoms with Gasteiger partial charge in [-0.25, -0.2) is 4.79 Å². The number of carboxylic acid groups (broad SMARTS) is 1. The maximum atomic E-state index is 10.7. The van der Waals surface area contributed by atoms with Gasteiger partial charge >= 0.3 is 5.97 Å². The highest BCUT2D eigenvalue weighted by atomic mass is 16.4. The van der Waals surface area contributed by atoms with Gasteiger partial charge in [-0.05, 0) is 30.0 Å². The van der Waals surface area contributed by atoms with Crippen LogP contribution in [0.4, 0.5) is 0 Å². The van der Waals surface area contributed by atoms with Crippen molar-refractivity contribution < 1.29 is 9.90 Å². The molecule has 0 saturated heterocycles. The van der Waals surface area contributed by atoms with E-state index in [4.69, 9.17) is 5.11 Å². The second-order valence-electron chi connectivity index (χ2n) is 4.68. The predicted octanol–water partition coefficient (Wildman–Crippen LogP) is 4.46. The minimum atomic E-state index is -0.854. The fraction of sp³-hybridized carbons (Fsp3) is 0.533. The smallest absolute Gasteiger partial charge is 0.335 e. The van der Waals surface area contributed by atoms with E-state index in [2.05, 4.69) is 13.8 Å². The molecule has 17 heavy (non-hydrogen) atoms. The van der Waals surface area contributed by atoms with Crippen LogP contribution in [0.1, 0.15) is 67.8 Å². The standard InChI is InChI=1S/C15H22O2/c1-3-4-5-6-7-12(2)13-8-10-14(11-9-13)15(16)17/h8-12H,3-7H2,1-2H3,(H,16,17). The Balaban J connectivity index is 2.46. The summed E-state index contributed by atoms with van der Waals surface area (Å²) >= 11 is 0. The highest BCUT2D eigenvalue weighted by Gasteiger charge is 2.07. The number of carbonyl (C=O) groups is 1. The maximum absolute atomic E-state index is 10.7. The molecule has 1 N–H and O–H groups in total. The van der Waals surface area contributed by atoms with E-state index in [1.807, 2.05) is 12.1 Å². The number of benzene rings is 1. The number of rotatable bonds is 7. The lowest BCUT2D eigenvalue weighted by molar-refractivity contribution is 0.0697. The zero-order valence-corrected chi connectivity index (χ0v) is 10.8. The molecule has 0 spiro atoms. The average Bonchev–Trinajstić information content (AvgIpc) is 2.34. The Morgan fingerprint density at radius 3 is 2.35 bits per heavy atom. The van der Waals surface area contributed by atoms with Gasteiger partial charge in [-0.2, -0.15) is 0 Å². The number of unbranched alkanes of at least 4 members (excludes halogenated alkanes) is 3. The van der Waals surface area contributed by atoms with E-state index in [0.717, 1.165) is 0 Å². The largest absolute Gasteiger partial charge is 0.478 e. The quantitative estimate of drug-likeness (QED) is 0.707. The summed E-state index contributed by atoms with van der Waals surface area (Å²) in [6.45, 7) is 4.43. The molecule has 0 radical (unpaired) electrons. The van der Waals surface area contributed by atoms with Crippen LogP contribution in [0, 0.1) is 0 Å². The molecule has 0 saturated carbocycles. The first-order valence-electron chi connectivity index (χ1n) is 6.48. The lowest BCUT2D eigenvalue weighted by atomic mass is 9.94. The molecule has 1 aromatic carbocycles. The second-order valence-corrected chi connectivity index (χ2v) is 4.68. The van der Waals surface area contributed by atoms with Crippen molar-refractivity contribution in [3.8, 4) is 0 Å². The Hall–Kier alpha value is -1.31. The molecule has 1 atom stereocenters. The van der Waals surface area contributed by atoms with Gasteiger partial charge in [0.2, 0.25) is 0 Å². The maximum Gasteiger partial charge on any atom is 0.335 e. The summed E-state index contributed by atoms with van der Waals surface area (Å²) in [5.74, 6) is -0.332. The first kappa shape index (κ1) is 13.8. The molecule has 0 aliphatic rings. The van der Waals surface area contributed by atoms with E-state index in [1.54, 1.807) is 12.1 Å². The van der Waals surface area contributed by atoms with E-state index in [0.29, 0.717) is 11.5 Å². The molecule has 0 amide bonds. The zero-order chi connectivity index (χ0) is 12.7. The summed E-state index contributed by atoms with van der Waals surface area (Å²) in [5.41, 5.74) is 1.61. The van der Waals surface area contributed by atoms with Crippen molar-refractivity contribution in [2.24, 2.45) is 0 Å². The number of hydrogen-bond acceptors (Lipinski definition) is 1. The second kappa shape index (κ2) is 7.10. The molecular formula is C15H22O2. The Morgan fingerprint density at radius 2 is 1.82 bits per heavy atom. The fourth-order valence-electron chi connectivity index (χ4n) is 2.00. The highest BCUT2D eigenvalue weighted by Crippen LogP contribution is 2.22. The Kier molecular flexibility index (Phi) is 5.75. The van der Waals surface area contributed by atoms with Crippen molar-refractivity contribution in [1.29, 1.82) is 0 Å². The van der Waals surface area contributed by atoms with Gasteiger partial charge in [0.25, 0.3) is 0 Å². The molecular weight excluding hydrogens is 212 g/mol. The van der Waals surface area contributed by atoms with Crippen molar-refractivity contribution in [3.05, 3.63) is 35.4 Å². The van der Waals surface area contributed by atoms with E-state index < -0.39 is 5.97 Å². The zero-order valence-electron chi connectivity index (χ0n) is 10.8. The molecule has 0 aromatic heterocycles. The molecule has 0 fully saturated rings. The average molecular weight is 234 g/mol. The van der Waals surface area contributed by atoms with Gasteiger partial charge in [0.05, 0.1) is 5.56 Å². The Morgan fingerprint density at radius 1 is 1.18 bits per heavy atom. The van der Waals surface area contributed by atoms with Gasteiger partial charge in [-0.1, -0.05) is 51.7 Å². The van der Waals surface area contributed by atoms with Crippen LogP contribution in [-0.4, -0.2) is 11.1 Å². The van der Waals surface area contributed by atoms with Crippen LogP contribution in [-0.2, 0) is 0 Å².